The first kappa shape index (κ1) is 20.1. The van der Waals surface area contributed by atoms with E-state index in [-0.39, 0.29) is 23.1 Å². The second kappa shape index (κ2) is 7.59. The zero-order chi connectivity index (χ0) is 21.5. The molecule has 0 bridgehead atoms. The number of benzene rings is 2. The average molecular weight is 416 g/mol. The Morgan fingerprint density at radius 3 is 2.10 bits per heavy atom. The molecule has 156 valence electrons. The number of alkyl halides is 3. The first-order valence-electron chi connectivity index (χ1n) is 9.73. The van der Waals surface area contributed by atoms with Crippen LogP contribution in [0.15, 0.2) is 48.5 Å². The van der Waals surface area contributed by atoms with Crippen molar-refractivity contribution in [2.75, 3.05) is 10.2 Å². The van der Waals surface area contributed by atoms with Gasteiger partial charge in [0.2, 0.25) is 11.8 Å². The molecule has 2 fully saturated rings. The number of rotatable bonds is 3. The van der Waals surface area contributed by atoms with Gasteiger partial charge in [0.05, 0.1) is 34.3 Å². The van der Waals surface area contributed by atoms with Crippen LogP contribution in [0.4, 0.5) is 24.5 Å². The number of anilines is 2. The predicted octanol–water partition coefficient (Wildman–Crippen LogP) is 4.64. The minimum atomic E-state index is -4.64. The van der Waals surface area contributed by atoms with Crippen molar-refractivity contribution in [1.29, 1.82) is 0 Å². The molecule has 1 heterocycles. The van der Waals surface area contributed by atoms with Gasteiger partial charge in [0.25, 0.3) is 5.91 Å². The van der Waals surface area contributed by atoms with E-state index in [1.165, 1.54) is 30.3 Å². The normalized spacial score (nSPS) is 21.5. The summed E-state index contributed by atoms with van der Waals surface area (Å²) in [5, 5.41) is 2.28. The highest BCUT2D eigenvalue weighted by molar-refractivity contribution is 6.24. The van der Waals surface area contributed by atoms with Crippen molar-refractivity contribution in [3.05, 3.63) is 59.7 Å². The summed E-state index contributed by atoms with van der Waals surface area (Å²) in [7, 11) is 0. The summed E-state index contributed by atoms with van der Waals surface area (Å²) >= 11 is 0. The summed E-state index contributed by atoms with van der Waals surface area (Å²) in [4.78, 5) is 39.7. The van der Waals surface area contributed by atoms with Gasteiger partial charge in [0.1, 0.15) is 0 Å². The number of nitrogens with zero attached hydrogens (tertiary/aromatic N) is 1. The van der Waals surface area contributed by atoms with Crippen molar-refractivity contribution in [1.82, 2.24) is 0 Å². The third kappa shape index (κ3) is 3.46. The maximum Gasteiger partial charge on any atom is 0.418 e. The van der Waals surface area contributed by atoms with Crippen molar-refractivity contribution >= 4 is 29.1 Å². The second-order valence-corrected chi connectivity index (χ2v) is 7.52. The van der Waals surface area contributed by atoms with Crippen LogP contribution in [0, 0.1) is 11.8 Å². The van der Waals surface area contributed by atoms with Crippen molar-refractivity contribution < 1.29 is 27.6 Å². The van der Waals surface area contributed by atoms with E-state index in [1.54, 1.807) is 6.07 Å². The lowest BCUT2D eigenvalue weighted by atomic mass is 9.81. The number of halogens is 3. The largest absolute Gasteiger partial charge is 0.418 e. The van der Waals surface area contributed by atoms with Crippen LogP contribution in [0.1, 0.15) is 41.6 Å². The number of amides is 3. The van der Waals surface area contributed by atoms with E-state index in [0.29, 0.717) is 12.8 Å². The Morgan fingerprint density at radius 1 is 0.900 bits per heavy atom. The summed E-state index contributed by atoms with van der Waals surface area (Å²) in [5.74, 6) is -2.30. The molecule has 1 saturated heterocycles. The van der Waals surface area contributed by atoms with Crippen LogP contribution in [0.5, 0.6) is 0 Å². The fourth-order valence-corrected chi connectivity index (χ4v) is 4.29. The molecule has 2 aliphatic rings. The van der Waals surface area contributed by atoms with Crippen LogP contribution >= 0.6 is 0 Å². The Bertz CT molecular complexity index is 995. The predicted molar refractivity (Wildman–Crippen MR) is 104 cm³/mol. The molecule has 0 spiro atoms. The third-order valence-electron chi connectivity index (χ3n) is 5.71. The van der Waals surface area contributed by atoms with Crippen molar-refractivity contribution in [2.45, 2.75) is 31.9 Å². The van der Waals surface area contributed by atoms with E-state index in [9.17, 15) is 27.6 Å². The maximum absolute atomic E-state index is 13.2. The van der Waals surface area contributed by atoms with Gasteiger partial charge in [-0.3, -0.25) is 14.4 Å². The molecule has 1 saturated carbocycles. The Kier molecular flexibility index (Phi) is 5.09. The molecule has 2 aromatic rings. The van der Waals surface area contributed by atoms with Gasteiger partial charge in [-0.25, -0.2) is 4.90 Å². The molecule has 2 atom stereocenters. The molecule has 3 amide bonds. The topological polar surface area (TPSA) is 66.5 Å². The van der Waals surface area contributed by atoms with E-state index in [0.717, 1.165) is 29.9 Å². The first-order chi connectivity index (χ1) is 14.3. The Labute approximate surface area is 170 Å². The minimum absolute atomic E-state index is 0.0326. The van der Waals surface area contributed by atoms with E-state index in [2.05, 4.69) is 5.32 Å². The summed E-state index contributed by atoms with van der Waals surface area (Å²) < 4.78 is 39.7. The van der Waals surface area contributed by atoms with Gasteiger partial charge in [-0.1, -0.05) is 37.1 Å². The number of hydrogen-bond donors (Lipinski definition) is 1. The lowest BCUT2D eigenvalue weighted by Gasteiger charge is -2.19. The molecule has 5 nitrogen and oxygen atoms in total. The molecular formula is C22H19F3N2O3. The highest BCUT2D eigenvalue weighted by Gasteiger charge is 2.49. The molecule has 2 aromatic carbocycles. The molecule has 30 heavy (non-hydrogen) atoms. The number of carbonyl (C=O) groups is 3. The molecule has 0 unspecified atom stereocenters. The highest BCUT2D eigenvalue weighted by Crippen LogP contribution is 2.41. The number of hydrogen-bond acceptors (Lipinski definition) is 3. The van der Waals surface area contributed by atoms with Crippen LogP contribution in [0.2, 0.25) is 0 Å². The average Bonchev–Trinajstić information content (AvgIpc) is 2.98. The smallest absolute Gasteiger partial charge is 0.321 e. The molecule has 1 aliphatic heterocycles. The number of imide groups is 1. The molecule has 4 rings (SSSR count). The lowest BCUT2D eigenvalue weighted by molar-refractivity contribution is -0.137. The van der Waals surface area contributed by atoms with E-state index >= 15 is 0 Å². The number of carbonyl (C=O) groups excluding carboxylic acids is 3. The van der Waals surface area contributed by atoms with Crippen LogP contribution < -0.4 is 10.2 Å². The molecule has 0 aromatic heterocycles. The first-order valence-corrected chi connectivity index (χ1v) is 9.73. The summed E-state index contributed by atoms with van der Waals surface area (Å²) in [6, 6.07) is 10.6. The second-order valence-electron chi connectivity index (χ2n) is 7.52. The van der Waals surface area contributed by atoms with Gasteiger partial charge in [-0.05, 0) is 37.1 Å². The molecule has 1 aliphatic carbocycles. The quantitative estimate of drug-likeness (QED) is 0.742. The third-order valence-corrected chi connectivity index (χ3v) is 5.71. The highest BCUT2D eigenvalue weighted by atomic mass is 19.4. The van der Waals surface area contributed by atoms with Crippen molar-refractivity contribution in [2.24, 2.45) is 11.8 Å². The number of fused-ring (bicyclic) bond motifs is 1. The van der Waals surface area contributed by atoms with Gasteiger partial charge >= 0.3 is 6.18 Å². The number of para-hydroxylation sites is 2. The Hall–Kier alpha value is -3.16. The van der Waals surface area contributed by atoms with Gasteiger partial charge in [0.15, 0.2) is 0 Å². The Balaban J connectivity index is 1.67. The SMILES string of the molecule is O=C(Nc1ccccc1C(F)(F)F)c1ccccc1N1C(=O)[C@@H]2CCCC[C@H]2C1=O. The zero-order valence-electron chi connectivity index (χ0n) is 15.9. The van der Waals surface area contributed by atoms with Crippen LogP contribution in [-0.2, 0) is 15.8 Å². The fraction of sp³-hybridized carbons (Fsp3) is 0.318. The van der Waals surface area contributed by atoms with Gasteiger partial charge < -0.3 is 5.32 Å². The Morgan fingerprint density at radius 2 is 1.47 bits per heavy atom. The molecule has 8 heteroatoms. The monoisotopic (exact) mass is 416 g/mol. The zero-order valence-corrected chi connectivity index (χ0v) is 15.9. The fourth-order valence-electron chi connectivity index (χ4n) is 4.29. The lowest BCUT2D eigenvalue weighted by Crippen LogP contribution is -2.33. The summed E-state index contributed by atoms with van der Waals surface area (Å²) in [5.41, 5.74) is -1.30. The molecular weight excluding hydrogens is 397 g/mol. The van der Waals surface area contributed by atoms with Gasteiger partial charge in [0, 0.05) is 0 Å². The summed E-state index contributed by atoms with van der Waals surface area (Å²) in [6.45, 7) is 0. The molecule has 1 N–H and O–H groups in total. The van der Waals surface area contributed by atoms with E-state index in [1.807, 2.05) is 0 Å². The standard InChI is InChI=1S/C22H19F3N2O3/c23-22(24,25)16-10-4-5-11-17(16)26-19(28)15-9-3-6-12-18(15)27-20(29)13-7-1-2-8-14(13)21(27)30/h3-6,9-14H,1-2,7-8H2,(H,26,28)/t13-,14-/m1/s1. The van der Waals surface area contributed by atoms with Crippen molar-refractivity contribution in [3.8, 4) is 0 Å². The number of nitrogens with one attached hydrogen (secondary N) is 1. The van der Waals surface area contributed by atoms with Crippen LogP contribution in [0.3, 0.4) is 0 Å². The molecule has 0 radical (unpaired) electrons. The summed E-state index contributed by atoms with van der Waals surface area (Å²) in [6.07, 6.45) is -1.66. The van der Waals surface area contributed by atoms with E-state index in [4.69, 9.17) is 0 Å². The van der Waals surface area contributed by atoms with E-state index < -0.39 is 35.2 Å². The van der Waals surface area contributed by atoms with Gasteiger partial charge in [-0.15, -0.1) is 0 Å². The van der Waals surface area contributed by atoms with Gasteiger partial charge in [-0.2, -0.15) is 13.2 Å². The van der Waals surface area contributed by atoms with Crippen LogP contribution in [0.25, 0.3) is 0 Å². The maximum atomic E-state index is 13.2. The minimum Gasteiger partial charge on any atom is -0.321 e. The van der Waals surface area contributed by atoms with Crippen molar-refractivity contribution in [3.63, 3.8) is 0 Å². The van der Waals surface area contributed by atoms with Crippen LogP contribution in [-0.4, -0.2) is 17.7 Å².